The van der Waals surface area contributed by atoms with Crippen LogP contribution in [0.2, 0.25) is 0 Å². The zero-order chi connectivity index (χ0) is 16.6. The molecule has 0 fully saturated rings. The van der Waals surface area contributed by atoms with Crippen LogP contribution in [0, 0.1) is 0 Å². The average Bonchev–Trinajstić information content (AvgIpc) is 2.49. The van der Waals surface area contributed by atoms with E-state index < -0.39 is 12.1 Å². The van der Waals surface area contributed by atoms with Crippen molar-refractivity contribution in [3.05, 3.63) is 0 Å². The van der Waals surface area contributed by atoms with E-state index in [4.69, 9.17) is 9.47 Å². The van der Waals surface area contributed by atoms with Gasteiger partial charge in [-0.1, -0.05) is 65.2 Å². The molecular weight excluding hydrogens is 280 g/mol. The van der Waals surface area contributed by atoms with E-state index >= 15 is 0 Å². The first-order chi connectivity index (χ1) is 10.6. The summed E-state index contributed by atoms with van der Waals surface area (Å²) in [5.74, 6) is -0.808. The first-order valence-corrected chi connectivity index (χ1v) is 8.95. The highest BCUT2D eigenvalue weighted by atomic mass is 16.6. The fraction of sp³-hybridized carbons (Fsp3) is 0.889. The molecule has 0 aromatic rings. The molecule has 0 heterocycles. The SMILES string of the molecule is CCCCCCCCOC(=O)C(CCCCCC)OC(C)=O. The van der Waals surface area contributed by atoms with E-state index in [0.29, 0.717) is 13.0 Å². The standard InChI is InChI=1S/C18H34O4/c1-4-6-8-10-11-13-15-21-18(20)17(22-16(3)19)14-12-9-7-5-2/h17H,4-15H2,1-3H3. The Kier molecular flexibility index (Phi) is 14.1. The molecule has 0 amide bonds. The molecule has 0 aromatic heterocycles. The molecular formula is C18H34O4. The number of hydrogen-bond acceptors (Lipinski definition) is 4. The van der Waals surface area contributed by atoms with Crippen molar-refractivity contribution in [3.8, 4) is 0 Å². The Balaban J connectivity index is 3.87. The fourth-order valence-electron chi connectivity index (χ4n) is 2.33. The van der Waals surface area contributed by atoms with Crippen LogP contribution in [0.1, 0.15) is 91.4 Å². The topological polar surface area (TPSA) is 52.6 Å². The molecule has 0 bridgehead atoms. The normalized spacial score (nSPS) is 12.0. The lowest BCUT2D eigenvalue weighted by Crippen LogP contribution is -2.28. The van der Waals surface area contributed by atoms with Crippen molar-refractivity contribution >= 4 is 11.9 Å². The zero-order valence-electron chi connectivity index (χ0n) is 14.7. The molecule has 4 nitrogen and oxygen atoms in total. The number of carbonyl (C=O) groups excluding carboxylic acids is 2. The molecule has 1 unspecified atom stereocenters. The van der Waals surface area contributed by atoms with Crippen molar-refractivity contribution in [1.29, 1.82) is 0 Å². The van der Waals surface area contributed by atoms with Gasteiger partial charge in [0.1, 0.15) is 0 Å². The Morgan fingerprint density at radius 2 is 1.36 bits per heavy atom. The highest BCUT2D eigenvalue weighted by Gasteiger charge is 2.22. The van der Waals surface area contributed by atoms with Crippen molar-refractivity contribution in [2.45, 2.75) is 97.5 Å². The fourth-order valence-corrected chi connectivity index (χ4v) is 2.33. The van der Waals surface area contributed by atoms with Crippen molar-refractivity contribution in [1.82, 2.24) is 0 Å². The van der Waals surface area contributed by atoms with Crippen molar-refractivity contribution < 1.29 is 19.1 Å². The van der Waals surface area contributed by atoms with E-state index in [2.05, 4.69) is 13.8 Å². The van der Waals surface area contributed by atoms with E-state index in [1.54, 1.807) is 0 Å². The summed E-state index contributed by atoms with van der Waals surface area (Å²) in [6.45, 7) is 6.09. The molecule has 0 saturated heterocycles. The molecule has 0 aliphatic heterocycles. The molecule has 0 aromatic carbocycles. The summed E-state index contributed by atoms with van der Waals surface area (Å²) in [6.07, 6.45) is 11.0. The highest BCUT2D eigenvalue weighted by Crippen LogP contribution is 2.11. The maximum absolute atomic E-state index is 12.0. The smallest absolute Gasteiger partial charge is 0.347 e. The molecule has 0 rings (SSSR count). The van der Waals surface area contributed by atoms with Gasteiger partial charge >= 0.3 is 11.9 Å². The first-order valence-electron chi connectivity index (χ1n) is 8.95. The number of unbranched alkanes of at least 4 members (excludes halogenated alkanes) is 8. The van der Waals surface area contributed by atoms with Crippen LogP contribution in [0.25, 0.3) is 0 Å². The average molecular weight is 314 g/mol. The number of esters is 2. The van der Waals surface area contributed by atoms with Gasteiger partial charge in [-0.25, -0.2) is 4.79 Å². The van der Waals surface area contributed by atoms with Crippen LogP contribution in [0.15, 0.2) is 0 Å². The van der Waals surface area contributed by atoms with Gasteiger partial charge in [-0.2, -0.15) is 0 Å². The van der Waals surface area contributed by atoms with Gasteiger partial charge in [-0.15, -0.1) is 0 Å². The predicted molar refractivity (Wildman–Crippen MR) is 88.6 cm³/mol. The summed E-state index contributed by atoms with van der Waals surface area (Å²) in [5.41, 5.74) is 0. The number of ether oxygens (including phenoxy) is 2. The monoisotopic (exact) mass is 314 g/mol. The Hall–Kier alpha value is -1.06. The van der Waals surface area contributed by atoms with E-state index in [9.17, 15) is 9.59 Å². The second-order valence-electron chi connectivity index (χ2n) is 5.88. The molecule has 22 heavy (non-hydrogen) atoms. The lowest BCUT2D eigenvalue weighted by molar-refractivity contribution is -0.167. The van der Waals surface area contributed by atoms with Gasteiger partial charge in [0.05, 0.1) is 6.61 Å². The summed E-state index contributed by atoms with van der Waals surface area (Å²) in [5, 5.41) is 0. The molecule has 0 spiro atoms. The zero-order valence-corrected chi connectivity index (χ0v) is 14.7. The van der Waals surface area contributed by atoms with Crippen molar-refractivity contribution in [2.24, 2.45) is 0 Å². The summed E-state index contributed by atoms with van der Waals surface area (Å²) >= 11 is 0. The third kappa shape index (κ3) is 12.7. The van der Waals surface area contributed by atoms with Crippen LogP contribution in [0.3, 0.4) is 0 Å². The molecule has 0 saturated carbocycles. The van der Waals surface area contributed by atoms with E-state index in [1.165, 1.54) is 32.6 Å². The van der Waals surface area contributed by atoms with Crippen LogP contribution in [-0.2, 0) is 19.1 Å². The minimum absolute atomic E-state index is 0.389. The number of carbonyl (C=O) groups is 2. The van der Waals surface area contributed by atoms with Crippen LogP contribution >= 0.6 is 0 Å². The second-order valence-corrected chi connectivity index (χ2v) is 5.88. The minimum atomic E-state index is -0.727. The molecule has 0 aliphatic rings. The van der Waals surface area contributed by atoms with Gasteiger partial charge in [-0.3, -0.25) is 4.79 Å². The molecule has 4 heteroatoms. The lowest BCUT2D eigenvalue weighted by Gasteiger charge is -2.16. The lowest BCUT2D eigenvalue weighted by atomic mass is 10.1. The number of rotatable bonds is 14. The summed E-state index contributed by atoms with van der Waals surface area (Å²) < 4.78 is 10.3. The van der Waals surface area contributed by atoms with Crippen LogP contribution in [0.5, 0.6) is 0 Å². The molecule has 0 aliphatic carbocycles. The van der Waals surface area contributed by atoms with Crippen LogP contribution in [-0.4, -0.2) is 24.6 Å². The predicted octanol–water partition coefficient (Wildman–Crippen LogP) is 4.79. The van der Waals surface area contributed by atoms with Gasteiger partial charge in [0.15, 0.2) is 6.10 Å². The molecule has 0 N–H and O–H groups in total. The number of hydrogen-bond donors (Lipinski definition) is 0. The second kappa shape index (κ2) is 14.9. The molecule has 0 radical (unpaired) electrons. The van der Waals surface area contributed by atoms with Crippen LogP contribution in [0.4, 0.5) is 0 Å². The van der Waals surface area contributed by atoms with Gasteiger partial charge < -0.3 is 9.47 Å². The maximum Gasteiger partial charge on any atom is 0.347 e. The summed E-state index contributed by atoms with van der Waals surface area (Å²) in [6, 6.07) is 0. The Bertz CT molecular complexity index is 289. The van der Waals surface area contributed by atoms with Gasteiger partial charge in [-0.05, 0) is 19.3 Å². The van der Waals surface area contributed by atoms with E-state index in [0.717, 1.165) is 38.5 Å². The quantitative estimate of drug-likeness (QED) is 0.341. The van der Waals surface area contributed by atoms with E-state index in [1.807, 2.05) is 0 Å². The maximum atomic E-state index is 12.0. The Labute approximate surface area is 135 Å². The van der Waals surface area contributed by atoms with Crippen LogP contribution < -0.4 is 0 Å². The highest BCUT2D eigenvalue weighted by molar-refractivity contribution is 5.78. The van der Waals surface area contributed by atoms with Gasteiger partial charge in [0.2, 0.25) is 0 Å². The summed E-state index contributed by atoms with van der Waals surface area (Å²) in [4.78, 5) is 23.1. The van der Waals surface area contributed by atoms with Crippen molar-refractivity contribution in [2.75, 3.05) is 6.61 Å². The minimum Gasteiger partial charge on any atom is -0.463 e. The van der Waals surface area contributed by atoms with Crippen molar-refractivity contribution in [3.63, 3.8) is 0 Å². The van der Waals surface area contributed by atoms with Gasteiger partial charge in [0, 0.05) is 6.92 Å². The molecule has 1 atom stereocenters. The Morgan fingerprint density at radius 1 is 0.818 bits per heavy atom. The third-order valence-corrected chi connectivity index (χ3v) is 3.63. The third-order valence-electron chi connectivity index (χ3n) is 3.63. The van der Waals surface area contributed by atoms with E-state index in [-0.39, 0.29) is 5.97 Å². The Morgan fingerprint density at radius 3 is 1.95 bits per heavy atom. The van der Waals surface area contributed by atoms with Gasteiger partial charge in [0.25, 0.3) is 0 Å². The first kappa shape index (κ1) is 20.9. The molecule has 130 valence electrons. The largest absolute Gasteiger partial charge is 0.463 e. The summed E-state index contributed by atoms with van der Waals surface area (Å²) in [7, 11) is 0.